The zero-order valence-electron chi connectivity index (χ0n) is 13.7. The summed E-state index contributed by atoms with van der Waals surface area (Å²) in [5.41, 5.74) is 7.43. The monoisotopic (exact) mass is 334 g/mol. The zero-order valence-corrected chi connectivity index (χ0v) is 13.7. The number of nitrogens with one attached hydrogen (secondary N) is 1. The molecule has 2 aromatic rings. The number of ketones is 1. The molecule has 2 rings (SSSR count). The van der Waals surface area contributed by atoms with Gasteiger partial charge in [0.1, 0.15) is 6.04 Å². The Morgan fingerprint density at radius 1 is 1.17 bits per heavy atom. The third kappa shape index (κ3) is 5.85. The van der Waals surface area contributed by atoms with Gasteiger partial charge < -0.3 is 20.9 Å². The van der Waals surface area contributed by atoms with E-state index in [1.54, 1.807) is 13.8 Å². The van der Waals surface area contributed by atoms with Crippen molar-refractivity contribution in [3.63, 3.8) is 0 Å². The average Bonchev–Trinajstić information content (AvgIpc) is 2.90. The largest absolute Gasteiger partial charge is 0.480 e. The molecule has 130 valence electrons. The first-order chi connectivity index (χ1) is 11.2. The van der Waals surface area contributed by atoms with E-state index in [4.69, 9.17) is 15.9 Å². The van der Waals surface area contributed by atoms with Gasteiger partial charge in [-0.2, -0.15) is 0 Å². The molecule has 0 amide bonds. The Morgan fingerprint density at radius 3 is 2.29 bits per heavy atom. The van der Waals surface area contributed by atoms with Crippen LogP contribution in [0.25, 0.3) is 10.9 Å². The second kappa shape index (κ2) is 8.83. The first kappa shape index (κ1) is 19.4. The lowest BCUT2D eigenvalue weighted by atomic mass is 10.1. The van der Waals surface area contributed by atoms with Crippen LogP contribution in [0, 0.1) is 5.92 Å². The summed E-state index contributed by atoms with van der Waals surface area (Å²) in [6.07, 6.45) is 2.29. The molecule has 0 spiro atoms. The fourth-order valence-corrected chi connectivity index (χ4v) is 2.08. The fraction of sp³-hybridized carbons (Fsp3) is 0.353. The van der Waals surface area contributed by atoms with Crippen LogP contribution in [0.5, 0.6) is 0 Å². The standard InChI is InChI=1S/C11H12N2O2.C6H10O3/c12-9(11(14)15)5-7-6-13-10-4-2-1-3-8(7)10;1-4(2)3-5(7)6(8)9/h1-4,6,9,13H,5,12H2,(H,14,15);4H,3H2,1-2H3,(H,8,9)/t9-;/m0./s1. The van der Waals surface area contributed by atoms with Crippen LogP contribution >= 0.6 is 0 Å². The average molecular weight is 334 g/mol. The quantitative estimate of drug-likeness (QED) is 0.595. The van der Waals surface area contributed by atoms with Crippen LogP contribution in [-0.4, -0.2) is 39.0 Å². The smallest absolute Gasteiger partial charge is 0.372 e. The minimum Gasteiger partial charge on any atom is -0.480 e. The van der Waals surface area contributed by atoms with Gasteiger partial charge in [0.25, 0.3) is 0 Å². The summed E-state index contributed by atoms with van der Waals surface area (Å²) in [4.78, 5) is 33.9. The van der Waals surface area contributed by atoms with E-state index in [1.165, 1.54) is 0 Å². The number of aromatic nitrogens is 1. The maximum absolute atomic E-state index is 10.6. The topological polar surface area (TPSA) is 133 Å². The van der Waals surface area contributed by atoms with Gasteiger partial charge in [-0.15, -0.1) is 0 Å². The first-order valence-corrected chi connectivity index (χ1v) is 7.51. The Morgan fingerprint density at radius 2 is 1.79 bits per heavy atom. The number of rotatable bonds is 6. The van der Waals surface area contributed by atoms with E-state index >= 15 is 0 Å². The Labute approximate surface area is 139 Å². The van der Waals surface area contributed by atoms with Crippen LogP contribution in [-0.2, 0) is 20.8 Å². The number of carbonyl (C=O) groups excluding carboxylic acids is 1. The number of aliphatic carboxylic acids is 2. The minimum absolute atomic E-state index is 0.133. The van der Waals surface area contributed by atoms with Gasteiger partial charge in [0.05, 0.1) is 0 Å². The van der Waals surface area contributed by atoms with Gasteiger partial charge in [-0.25, -0.2) is 4.79 Å². The number of H-pyrrole nitrogens is 1. The fourth-order valence-electron chi connectivity index (χ4n) is 2.08. The van der Waals surface area contributed by atoms with Crippen molar-refractivity contribution in [3.8, 4) is 0 Å². The molecule has 1 aromatic heterocycles. The number of carbonyl (C=O) groups is 3. The lowest BCUT2D eigenvalue weighted by molar-refractivity contribution is -0.149. The molecule has 24 heavy (non-hydrogen) atoms. The highest BCUT2D eigenvalue weighted by molar-refractivity contribution is 6.32. The number of nitrogens with two attached hydrogens (primary N) is 1. The normalized spacial score (nSPS) is 11.7. The molecular weight excluding hydrogens is 312 g/mol. The summed E-state index contributed by atoms with van der Waals surface area (Å²) in [6.45, 7) is 3.61. The van der Waals surface area contributed by atoms with Crippen LogP contribution < -0.4 is 5.73 Å². The van der Waals surface area contributed by atoms with Crippen LogP contribution in [0.3, 0.4) is 0 Å². The number of hydrogen-bond donors (Lipinski definition) is 4. The summed E-state index contributed by atoms with van der Waals surface area (Å²) in [5, 5.41) is 17.8. The Kier molecular flexibility index (Phi) is 7.13. The highest BCUT2D eigenvalue weighted by Crippen LogP contribution is 2.18. The molecule has 0 aliphatic heterocycles. The Balaban J connectivity index is 0.000000277. The van der Waals surface area contributed by atoms with Gasteiger partial charge in [-0.1, -0.05) is 32.0 Å². The predicted molar refractivity (Wildman–Crippen MR) is 89.7 cm³/mol. The van der Waals surface area contributed by atoms with E-state index in [1.807, 2.05) is 30.5 Å². The van der Waals surface area contributed by atoms with Gasteiger partial charge in [0.15, 0.2) is 0 Å². The minimum atomic E-state index is -1.33. The second-order valence-electron chi connectivity index (χ2n) is 5.83. The second-order valence-corrected chi connectivity index (χ2v) is 5.83. The van der Waals surface area contributed by atoms with E-state index < -0.39 is 23.8 Å². The SMILES string of the molecule is CC(C)CC(=O)C(=O)O.N[C@@H](Cc1c[nH]c2ccccc12)C(=O)O. The van der Waals surface area contributed by atoms with Crippen molar-refractivity contribution in [2.45, 2.75) is 32.7 Å². The number of fused-ring (bicyclic) bond motifs is 1. The first-order valence-electron chi connectivity index (χ1n) is 7.51. The van der Waals surface area contributed by atoms with Crippen LogP contribution in [0.2, 0.25) is 0 Å². The van der Waals surface area contributed by atoms with Crippen molar-refractivity contribution in [1.29, 1.82) is 0 Å². The van der Waals surface area contributed by atoms with Crippen molar-refractivity contribution < 1.29 is 24.6 Å². The van der Waals surface area contributed by atoms with E-state index in [9.17, 15) is 14.4 Å². The molecule has 1 heterocycles. The highest BCUT2D eigenvalue weighted by Gasteiger charge is 2.14. The number of benzene rings is 1. The molecule has 0 unspecified atom stereocenters. The number of para-hydroxylation sites is 1. The summed E-state index contributed by atoms with van der Waals surface area (Å²) in [5.74, 6) is -2.87. The number of carboxylic acids is 2. The Hall–Kier alpha value is -2.67. The zero-order chi connectivity index (χ0) is 18.3. The van der Waals surface area contributed by atoms with Crippen LogP contribution in [0.4, 0.5) is 0 Å². The summed E-state index contributed by atoms with van der Waals surface area (Å²) >= 11 is 0. The molecular formula is C17H22N2O5. The molecule has 1 atom stereocenters. The van der Waals surface area contributed by atoms with E-state index in [0.717, 1.165) is 16.5 Å². The van der Waals surface area contributed by atoms with Crippen LogP contribution in [0.15, 0.2) is 30.5 Å². The maximum atomic E-state index is 10.6. The molecule has 0 bridgehead atoms. The van der Waals surface area contributed by atoms with E-state index in [0.29, 0.717) is 6.42 Å². The molecule has 0 fully saturated rings. The van der Waals surface area contributed by atoms with E-state index in [2.05, 4.69) is 4.98 Å². The highest BCUT2D eigenvalue weighted by atomic mass is 16.4. The molecule has 0 saturated carbocycles. The predicted octanol–water partition coefficient (Wildman–Crippen LogP) is 1.81. The molecule has 0 saturated heterocycles. The summed E-state index contributed by atoms with van der Waals surface area (Å²) < 4.78 is 0. The number of carboxylic acid groups (broad SMARTS) is 2. The molecule has 7 nitrogen and oxygen atoms in total. The third-order valence-corrected chi connectivity index (χ3v) is 3.26. The lowest BCUT2D eigenvalue weighted by Gasteiger charge is -2.04. The number of aromatic amines is 1. The maximum Gasteiger partial charge on any atom is 0.372 e. The van der Waals surface area contributed by atoms with Crippen molar-refractivity contribution in [2.75, 3.05) is 0 Å². The molecule has 0 radical (unpaired) electrons. The van der Waals surface area contributed by atoms with Gasteiger partial charge in [0, 0.05) is 29.9 Å². The molecule has 0 aliphatic carbocycles. The summed E-state index contributed by atoms with van der Waals surface area (Å²) in [7, 11) is 0. The molecule has 5 N–H and O–H groups in total. The Bertz CT molecular complexity index is 721. The van der Waals surface area contributed by atoms with Gasteiger partial charge in [-0.3, -0.25) is 9.59 Å². The van der Waals surface area contributed by atoms with E-state index in [-0.39, 0.29) is 12.3 Å². The van der Waals surface area contributed by atoms with Gasteiger partial charge in [-0.05, 0) is 17.5 Å². The van der Waals surface area contributed by atoms with Gasteiger partial charge >= 0.3 is 11.9 Å². The van der Waals surface area contributed by atoms with Gasteiger partial charge in [0.2, 0.25) is 5.78 Å². The van der Waals surface area contributed by atoms with Crippen molar-refractivity contribution in [2.24, 2.45) is 11.7 Å². The number of Topliss-reactive ketones (excluding diaryl/α,β-unsaturated/α-hetero) is 1. The van der Waals surface area contributed by atoms with Crippen LogP contribution in [0.1, 0.15) is 25.8 Å². The van der Waals surface area contributed by atoms with Crippen molar-refractivity contribution in [3.05, 3.63) is 36.0 Å². The summed E-state index contributed by atoms with van der Waals surface area (Å²) in [6, 6.07) is 6.91. The molecule has 1 aromatic carbocycles. The molecule has 0 aliphatic rings. The lowest BCUT2D eigenvalue weighted by Crippen LogP contribution is -2.32. The number of hydrogen-bond acceptors (Lipinski definition) is 4. The van der Waals surface area contributed by atoms with Crippen molar-refractivity contribution >= 4 is 28.6 Å². The third-order valence-electron chi connectivity index (χ3n) is 3.26. The molecule has 7 heteroatoms. The van der Waals surface area contributed by atoms with Crippen molar-refractivity contribution in [1.82, 2.24) is 4.98 Å².